The molecule has 5 rings (SSSR count). The van der Waals surface area contributed by atoms with Crippen molar-refractivity contribution in [3.63, 3.8) is 0 Å². The zero-order valence-electron chi connectivity index (χ0n) is 25.4. The number of urea groups is 1. The molecule has 1 atom stereocenters. The van der Waals surface area contributed by atoms with E-state index in [0.717, 1.165) is 48.6 Å². The van der Waals surface area contributed by atoms with Crippen LogP contribution in [0.15, 0.2) is 84.4 Å². The van der Waals surface area contributed by atoms with E-state index in [1.54, 1.807) is 17.5 Å². The summed E-state index contributed by atoms with van der Waals surface area (Å²) in [6.45, 7) is -0.410. The van der Waals surface area contributed by atoms with Crippen molar-refractivity contribution in [1.29, 1.82) is 0 Å². The molecule has 0 bridgehead atoms. The van der Waals surface area contributed by atoms with Crippen LogP contribution in [0.3, 0.4) is 0 Å². The standard InChI is InChI=1S/C34H31F3N4O6S/c35-34(36,37)47-29-15-12-25(18-27(29)31-38-16-17-48-31)40-33(46)41(26-13-10-23(11-14-26)22-4-2-1-3-5-22)20-21-6-8-24(9-7-21)30(43)39-19-28(42)32(44)45/h4,6-18,28,42H,1-3,5,19-20H2,(H,39,43)(H,40,46)(H,44,45)/t28-/m1/s1. The van der Waals surface area contributed by atoms with Gasteiger partial charge in [-0.2, -0.15) is 0 Å². The summed E-state index contributed by atoms with van der Waals surface area (Å²) in [4.78, 5) is 42.7. The third kappa shape index (κ3) is 8.98. The third-order valence-electron chi connectivity index (χ3n) is 7.50. The van der Waals surface area contributed by atoms with E-state index < -0.39 is 42.7 Å². The Morgan fingerprint density at radius 2 is 1.77 bits per heavy atom. The molecule has 14 heteroatoms. The van der Waals surface area contributed by atoms with Gasteiger partial charge in [-0.05, 0) is 84.8 Å². The van der Waals surface area contributed by atoms with Crippen molar-refractivity contribution >= 4 is 46.2 Å². The zero-order chi connectivity index (χ0) is 34.3. The number of halogens is 3. The number of rotatable bonds is 11. The van der Waals surface area contributed by atoms with E-state index in [1.165, 1.54) is 40.9 Å². The van der Waals surface area contributed by atoms with Gasteiger partial charge in [0.15, 0.2) is 6.10 Å². The van der Waals surface area contributed by atoms with Crippen LogP contribution in [0.4, 0.5) is 29.3 Å². The third-order valence-corrected chi connectivity index (χ3v) is 8.31. The molecule has 3 amide bonds. The maximum absolute atomic E-state index is 13.8. The summed E-state index contributed by atoms with van der Waals surface area (Å²) in [5, 5.41) is 25.3. The van der Waals surface area contributed by atoms with Crippen LogP contribution in [0, 0.1) is 0 Å². The molecule has 0 saturated carbocycles. The quantitative estimate of drug-likeness (QED) is 0.133. The molecule has 1 aliphatic rings. The molecule has 1 heterocycles. The fourth-order valence-electron chi connectivity index (χ4n) is 5.09. The number of thiazole rings is 1. The summed E-state index contributed by atoms with van der Waals surface area (Å²) < 4.78 is 43.6. The fraction of sp³-hybridized carbons (Fsp3) is 0.235. The summed E-state index contributed by atoms with van der Waals surface area (Å²) in [6, 6.07) is 17.0. The topological polar surface area (TPSA) is 141 Å². The van der Waals surface area contributed by atoms with Crippen LogP contribution < -0.4 is 20.3 Å². The Labute approximate surface area is 277 Å². The Kier molecular flexibility index (Phi) is 10.8. The number of anilines is 2. The number of allylic oxidation sites excluding steroid dienone is 2. The lowest BCUT2D eigenvalue weighted by Crippen LogP contribution is -2.36. The van der Waals surface area contributed by atoms with Gasteiger partial charge in [-0.1, -0.05) is 30.3 Å². The smallest absolute Gasteiger partial charge is 0.479 e. The van der Waals surface area contributed by atoms with Crippen LogP contribution >= 0.6 is 11.3 Å². The number of ether oxygens (including phenoxy) is 1. The second-order valence-electron chi connectivity index (χ2n) is 10.9. The fourth-order valence-corrected chi connectivity index (χ4v) is 5.75. The number of carboxylic acids is 1. The minimum atomic E-state index is -4.93. The monoisotopic (exact) mass is 680 g/mol. The number of amides is 3. The number of nitrogens with one attached hydrogen (secondary N) is 2. The molecule has 10 nitrogen and oxygen atoms in total. The van der Waals surface area contributed by atoms with Crippen molar-refractivity contribution in [2.45, 2.75) is 44.7 Å². The van der Waals surface area contributed by atoms with E-state index in [9.17, 15) is 32.7 Å². The first-order valence-electron chi connectivity index (χ1n) is 14.9. The summed E-state index contributed by atoms with van der Waals surface area (Å²) in [7, 11) is 0. The Hall–Kier alpha value is -5.21. The Morgan fingerprint density at radius 3 is 2.40 bits per heavy atom. The molecule has 0 unspecified atom stereocenters. The Morgan fingerprint density at radius 1 is 1.02 bits per heavy atom. The number of aliphatic hydroxyl groups excluding tert-OH is 1. The number of hydrogen-bond donors (Lipinski definition) is 4. The van der Waals surface area contributed by atoms with Crippen molar-refractivity contribution in [2.75, 3.05) is 16.8 Å². The SMILES string of the molecule is O=C(NC[C@@H](O)C(=O)O)c1ccc(CN(C(=O)Nc2ccc(OC(F)(F)F)c(-c3nccs3)c2)c2ccc(C3=CCCCC3)cc2)cc1. The number of aliphatic carboxylic acids is 1. The van der Waals surface area contributed by atoms with Gasteiger partial charge in [0, 0.05) is 28.5 Å². The molecule has 0 radical (unpaired) electrons. The molecular formula is C34H31F3N4O6S. The number of aromatic nitrogens is 1. The van der Waals surface area contributed by atoms with E-state index in [4.69, 9.17) is 5.11 Å². The molecular weight excluding hydrogens is 649 g/mol. The number of benzene rings is 3. The maximum Gasteiger partial charge on any atom is 0.573 e. The number of carbonyl (C=O) groups excluding carboxylic acids is 2. The van der Waals surface area contributed by atoms with Gasteiger partial charge >= 0.3 is 18.4 Å². The van der Waals surface area contributed by atoms with Crippen LogP contribution in [0.5, 0.6) is 5.75 Å². The van der Waals surface area contributed by atoms with E-state index in [-0.39, 0.29) is 28.4 Å². The highest BCUT2D eigenvalue weighted by atomic mass is 32.1. The molecule has 4 N–H and O–H groups in total. The van der Waals surface area contributed by atoms with Crippen molar-refractivity contribution in [1.82, 2.24) is 10.3 Å². The number of nitrogens with zero attached hydrogens (tertiary/aromatic N) is 2. The molecule has 4 aromatic rings. The summed E-state index contributed by atoms with van der Waals surface area (Å²) in [5.41, 5.74) is 3.97. The molecule has 0 saturated heterocycles. The second kappa shape index (κ2) is 15.1. The Bertz CT molecular complexity index is 1780. The first kappa shape index (κ1) is 34.1. The predicted molar refractivity (Wildman–Crippen MR) is 175 cm³/mol. The highest BCUT2D eigenvalue weighted by Gasteiger charge is 2.33. The van der Waals surface area contributed by atoms with Gasteiger partial charge in [0.25, 0.3) is 5.91 Å². The minimum Gasteiger partial charge on any atom is -0.479 e. The normalized spacial score (nSPS) is 13.6. The van der Waals surface area contributed by atoms with E-state index in [2.05, 4.69) is 26.4 Å². The first-order valence-corrected chi connectivity index (χ1v) is 15.8. The molecule has 0 fully saturated rings. The number of aliphatic hydroxyl groups is 1. The lowest BCUT2D eigenvalue weighted by atomic mass is 9.93. The van der Waals surface area contributed by atoms with Gasteiger partial charge in [0.1, 0.15) is 10.8 Å². The minimum absolute atomic E-state index is 0.0570. The van der Waals surface area contributed by atoms with Crippen LogP contribution in [0.2, 0.25) is 0 Å². The van der Waals surface area contributed by atoms with Crippen molar-refractivity contribution < 1.29 is 42.5 Å². The van der Waals surface area contributed by atoms with E-state index in [1.807, 2.05) is 24.3 Å². The average molecular weight is 681 g/mol. The van der Waals surface area contributed by atoms with Gasteiger partial charge in [-0.25, -0.2) is 14.6 Å². The molecule has 0 spiro atoms. The Balaban J connectivity index is 1.40. The van der Waals surface area contributed by atoms with Gasteiger partial charge in [-0.15, -0.1) is 24.5 Å². The van der Waals surface area contributed by atoms with Crippen molar-refractivity contribution in [2.24, 2.45) is 0 Å². The largest absolute Gasteiger partial charge is 0.573 e. The average Bonchev–Trinajstić information content (AvgIpc) is 3.62. The van der Waals surface area contributed by atoms with Crippen LogP contribution in [0.25, 0.3) is 16.1 Å². The van der Waals surface area contributed by atoms with E-state index >= 15 is 0 Å². The van der Waals surface area contributed by atoms with Gasteiger partial charge in [-0.3, -0.25) is 9.69 Å². The van der Waals surface area contributed by atoms with E-state index in [0.29, 0.717) is 11.3 Å². The number of alkyl halides is 3. The van der Waals surface area contributed by atoms with Crippen LogP contribution in [-0.4, -0.2) is 52.1 Å². The number of hydrogen-bond acceptors (Lipinski definition) is 7. The summed E-state index contributed by atoms with van der Waals surface area (Å²) >= 11 is 1.12. The molecule has 1 aromatic heterocycles. The molecule has 1 aliphatic carbocycles. The number of carboxylic acid groups (broad SMARTS) is 1. The van der Waals surface area contributed by atoms with Crippen LogP contribution in [-0.2, 0) is 11.3 Å². The second-order valence-corrected chi connectivity index (χ2v) is 11.8. The first-order chi connectivity index (χ1) is 23.0. The molecule has 0 aliphatic heterocycles. The van der Waals surface area contributed by atoms with Crippen molar-refractivity contribution in [3.8, 4) is 16.3 Å². The van der Waals surface area contributed by atoms with Crippen LogP contribution in [0.1, 0.15) is 47.2 Å². The summed E-state index contributed by atoms with van der Waals surface area (Å²) in [6.07, 6.45) is 1.22. The van der Waals surface area contributed by atoms with Gasteiger partial charge < -0.3 is 25.6 Å². The highest BCUT2D eigenvalue weighted by molar-refractivity contribution is 7.13. The van der Waals surface area contributed by atoms with Gasteiger partial charge in [0.2, 0.25) is 0 Å². The lowest BCUT2D eigenvalue weighted by molar-refractivity contribution is -0.274. The predicted octanol–water partition coefficient (Wildman–Crippen LogP) is 7.08. The molecule has 250 valence electrons. The van der Waals surface area contributed by atoms with Crippen molar-refractivity contribution in [3.05, 3.63) is 101 Å². The lowest BCUT2D eigenvalue weighted by Gasteiger charge is -2.24. The van der Waals surface area contributed by atoms with Gasteiger partial charge in [0.05, 0.1) is 18.7 Å². The maximum atomic E-state index is 13.8. The molecule has 3 aromatic carbocycles. The zero-order valence-corrected chi connectivity index (χ0v) is 26.2. The summed E-state index contributed by atoms with van der Waals surface area (Å²) in [5.74, 6) is -2.50. The highest BCUT2D eigenvalue weighted by Crippen LogP contribution is 2.37. The molecule has 48 heavy (non-hydrogen) atoms. The number of carbonyl (C=O) groups is 3.